The van der Waals surface area contributed by atoms with Gasteiger partial charge in [-0.25, -0.2) is 16.8 Å². The van der Waals surface area contributed by atoms with Crippen LogP contribution in [-0.2, 0) is 24.4 Å². The maximum Gasteiger partial charge on any atom is 0.497 e. The maximum absolute atomic E-state index is 12.4. The largest absolute Gasteiger partial charge is 0.497 e. The summed E-state index contributed by atoms with van der Waals surface area (Å²) < 4.78 is 124. The van der Waals surface area contributed by atoms with Gasteiger partial charge in [0.2, 0.25) is 0 Å². The zero-order chi connectivity index (χ0) is 19.5. The molecule has 1 atom stereocenters. The standard InChI is InChI=1S/C11H17F6NO5S2/c12-10(13,14)24(19,20)6-3-18(8-9-2-1-5-23-9)4-7-25(21,22)11(15,16)17/h9H,1-8H2/p+1/t9-/m0/s1. The quantitative estimate of drug-likeness (QED) is 0.554. The summed E-state index contributed by atoms with van der Waals surface area (Å²) in [5.41, 5.74) is -10.9. The molecule has 1 aliphatic heterocycles. The first kappa shape index (κ1) is 22.4. The summed E-state index contributed by atoms with van der Waals surface area (Å²) in [6, 6.07) is 0. The molecule has 0 radical (unpaired) electrons. The molecule has 0 saturated carbocycles. The fourth-order valence-electron chi connectivity index (χ4n) is 2.25. The Bertz CT molecular complexity index is 589. The van der Waals surface area contributed by atoms with Gasteiger partial charge in [-0.3, -0.25) is 0 Å². The lowest BCUT2D eigenvalue weighted by Gasteiger charge is -2.22. The van der Waals surface area contributed by atoms with Crippen LogP contribution in [0.1, 0.15) is 12.8 Å². The summed E-state index contributed by atoms with van der Waals surface area (Å²) >= 11 is 0. The van der Waals surface area contributed by atoms with E-state index in [9.17, 15) is 43.2 Å². The number of hydrogen-bond donors (Lipinski definition) is 1. The summed E-state index contributed by atoms with van der Waals surface area (Å²) in [5, 5.41) is 0. The number of quaternary nitrogens is 1. The summed E-state index contributed by atoms with van der Waals surface area (Å²) in [4.78, 5) is -0.00690. The highest BCUT2D eigenvalue weighted by atomic mass is 32.2. The highest BCUT2D eigenvalue weighted by molar-refractivity contribution is 7.92. The van der Waals surface area contributed by atoms with Crippen LogP contribution >= 0.6 is 0 Å². The molecule has 1 heterocycles. The van der Waals surface area contributed by atoms with Gasteiger partial charge in [-0.05, 0) is 12.8 Å². The van der Waals surface area contributed by atoms with Crippen LogP contribution in [0, 0.1) is 0 Å². The van der Waals surface area contributed by atoms with Crippen molar-refractivity contribution < 1.29 is 52.8 Å². The highest BCUT2D eigenvalue weighted by Gasteiger charge is 2.47. The smallest absolute Gasteiger partial charge is 0.372 e. The normalized spacial score (nSPS) is 20.4. The number of sulfone groups is 2. The van der Waals surface area contributed by atoms with Crippen molar-refractivity contribution >= 4 is 19.7 Å². The average Bonchev–Trinajstić information content (AvgIpc) is 2.92. The predicted molar refractivity (Wildman–Crippen MR) is 74.2 cm³/mol. The predicted octanol–water partition coefficient (Wildman–Crippen LogP) is -0.0805. The van der Waals surface area contributed by atoms with Crippen LogP contribution in [-0.4, -0.2) is 71.7 Å². The van der Waals surface area contributed by atoms with Crippen LogP contribution in [0.15, 0.2) is 0 Å². The van der Waals surface area contributed by atoms with Crippen molar-refractivity contribution in [2.24, 2.45) is 0 Å². The molecular weight excluding hydrogens is 404 g/mol. The Kier molecular flexibility index (Phi) is 7.15. The molecule has 0 unspecified atom stereocenters. The minimum absolute atomic E-state index is 0.00690. The van der Waals surface area contributed by atoms with Crippen LogP contribution in [0.2, 0.25) is 0 Å². The third-order valence-corrected chi connectivity index (χ3v) is 6.59. The minimum atomic E-state index is -5.47. The van der Waals surface area contributed by atoms with E-state index in [0.29, 0.717) is 19.4 Å². The Labute approximate surface area is 141 Å². The minimum Gasteiger partial charge on any atom is -0.372 e. The summed E-state index contributed by atoms with van der Waals surface area (Å²) in [5.74, 6) is -2.69. The fourth-order valence-corrected chi connectivity index (χ4v) is 3.82. The van der Waals surface area contributed by atoms with Gasteiger partial charge in [0.15, 0.2) is 0 Å². The Morgan fingerprint density at radius 2 is 1.32 bits per heavy atom. The first-order valence-corrected chi connectivity index (χ1v) is 10.5. The Morgan fingerprint density at radius 3 is 1.64 bits per heavy atom. The monoisotopic (exact) mass is 422 g/mol. The number of hydrogen-bond acceptors (Lipinski definition) is 5. The molecule has 1 rings (SSSR count). The van der Waals surface area contributed by atoms with Gasteiger partial charge in [0, 0.05) is 6.61 Å². The summed E-state index contributed by atoms with van der Waals surface area (Å²) in [6.07, 6.45) is 0.707. The van der Waals surface area contributed by atoms with Crippen LogP contribution in [0.4, 0.5) is 26.3 Å². The number of ether oxygens (including phenoxy) is 1. The molecule has 1 N–H and O–H groups in total. The van der Waals surface area contributed by atoms with Crippen LogP contribution in [0.5, 0.6) is 0 Å². The van der Waals surface area contributed by atoms with Crippen LogP contribution < -0.4 is 4.90 Å². The molecule has 0 aromatic carbocycles. The van der Waals surface area contributed by atoms with Gasteiger partial charge in [-0.15, -0.1) is 0 Å². The third kappa shape index (κ3) is 6.57. The Hall–Kier alpha value is -0.600. The van der Waals surface area contributed by atoms with Crippen molar-refractivity contribution in [1.29, 1.82) is 0 Å². The SMILES string of the molecule is O=S(=O)(CC[NH+](CCS(=O)(=O)C(F)(F)F)C[C@@H]1CCCO1)C(F)(F)F. The number of alkyl halides is 6. The van der Waals surface area contributed by atoms with Crippen molar-refractivity contribution in [3.63, 3.8) is 0 Å². The lowest BCUT2D eigenvalue weighted by atomic mass is 10.2. The van der Waals surface area contributed by atoms with E-state index < -0.39 is 61.4 Å². The van der Waals surface area contributed by atoms with Crippen LogP contribution in [0.3, 0.4) is 0 Å². The van der Waals surface area contributed by atoms with Gasteiger partial charge < -0.3 is 9.64 Å². The van der Waals surface area contributed by atoms with Gasteiger partial charge >= 0.3 is 11.0 Å². The molecule has 150 valence electrons. The maximum atomic E-state index is 12.4. The number of halogens is 6. The van der Waals surface area contributed by atoms with Gasteiger partial charge in [-0.1, -0.05) is 0 Å². The van der Waals surface area contributed by atoms with E-state index in [1.54, 1.807) is 0 Å². The summed E-state index contributed by atoms with van der Waals surface area (Å²) in [7, 11) is -10.9. The van der Waals surface area contributed by atoms with Crippen molar-refractivity contribution in [2.45, 2.75) is 30.0 Å². The zero-order valence-corrected chi connectivity index (χ0v) is 14.5. The van der Waals surface area contributed by atoms with E-state index in [1.807, 2.05) is 0 Å². The first-order valence-electron chi connectivity index (χ1n) is 7.19. The van der Waals surface area contributed by atoms with Gasteiger partial charge in [-0.2, -0.15) is 26.3 Å². The van der Waals surface area contributed by atoms with E-state index in [-0.39, 0.29) is 11.4 Å². The molecule has 0 spiro atoms. The molecule has 1 aliphatic rings. The second-order valence-corrected chi connectivity index (χ2v) is 9.82. The molecule has 6 nitrogen and oxygen atoms in total. The lowest BCUT2D eigenvalue weighted by molar-refractivity contribution is -0.898. The zero-order valence-electron chi connectivity index (χ0n) is 12.9. The lowest BCUT2D eigenvalue weighted by Crippen LogP contribution is -3.14. The van der Waals surface area contributed by atoms with Crippen molar-refractivity contribution in [1.82, 2.24) is 0 Å². The molecule has 0 bridgehead atoms. The second kappa shape index (κ2) is 7.96. The van der Waals surface area contributed by atoms with Gasteiger partial charge in [0.25, 0.3) is 19.7 Å². The molecule has 0 amide bonds. The average molecular weight is 422 g/mol. The molecule has 0 aromatic rings. The first-order chi connectivity index (χ1) is 11.2. The molecular formula is C11H18F6NO5S2+. The molecule has 1 fully saturated rings. The third-order valence-electron chi connectivity index (χ3n) is 3.69. The van der Waals surface area contributed by atoms with E-state index in [4.69, 9.17) is 4.74 Å². The van der Waals surface area contributed by atoms with Crippen molar-refractivity contribution in [3.8, 4) is 0 Å². The van der Waals surface area contributed by atoms with E-state index in [0.717, 1.165) is 0 Å². The molecule has 14 heteroatoms. The van der Waals surface area contributed by atoms with Crippen molar-refractivity contribution in [2.75, 3.05) is 37.7 Å². The summed E-state index contributed by atoms with van der Waals surface area (Å²) in [6.45, 7) is -1.04. The Balaban J connectivity index is 2.76. The number of rotatable bonds is 8. The Morgan fingerprint density at radius 1 is 0.880 bits per heavy atom. The number of nitrogens with one attached hydrogen (secondary N) is 1. The van der Waals surface area contributed by atoms with Crippen LogP contribution in [0.25, 0.3) is 0 Å². The van der Waals surface area contributed by atoms with Gasteiger partial charge in [0.1, 0.15) is 24.2 Å². The van der Waals surface area contributed by atoms with E-state index in [1.165, 1.54) is 0 Å². The van der Waals surface area contributed by atoms with Gasteiger partial charge in [0.05, 0.1) is 13.1 Å². The molecule has 1 saturated heterocycles. The molecule has 25 heavy (non-hydrogen) atoms. The second-order valence-electron chi connectivity index (χ2n) is 5.62. The molecule has 0 aliphatic carbocycles. The van der Waals surface area contributed by atoms with E-state index in [2.05, 4.69) is 0 Å². The van der Waals surface area contributed by atoms with E-state index >= 15 is 0 Å². The fraction of sp³-hybridized carbons (Fsp3) is 1.00. The molecule has 0 aromatic heterocycles. The van der Waals surface area contributed by atoms with Crippen molar-refractivity contribution in [3.05, 3.63) is 0 Å². The topological polar surface area (TPSA) is 82.0 Å². The highest BCUT2D eigenvalue weighted by Crippen LogP contribution is 2.24.